The summed E-state index contributed by atoms with van der Waals surface area (Å²) >= 11 is 0. The summed E-state index contributed by atoms with van der Waals surface area (Å²) in [6.45, 7) is 2.29. The summed E-state index contributed by atoms with van der Waals surface area (Å²) < 4.78 is 3.19. The van der Waals surface area contributed by atoms with E-state index in [4.69, 9.17) is 0 Å². The van der Waals surface area contributed by atoms with Crippen molar-refractivity contribution in [2.75, 3.05) is 18.0 Å². The van der Waals surface area contributed by atoms with Crippen molar-refractivity contribution in [3.63, 3.8) is 0 Å². The molecule has 1 saturated heterocycles. The smallest absolute Gasteiger partial charge is 0.266 e. The van der Waals surface area contributed by atoms with Gasteiger partial charge in [-0.3, -0.25) is 9.78 Å². The highest BCUT2D eigenvalue weighted by Crippen LogP contribution is 2.23. The minimum absolute atomic E-state index is 0.0635. The molecule has 23 heavy (non-hydrogen) atoms. The zero-order valence-corrected chi connectivity index (χ0v) is 12.4. The van der Waals surface area contributed by atoms with E-state index in [1.54, 1.807) is 35.5 Å². The zero-order valence-electron chi connectivity index (χ0n) is 12.4. The van der Waals surface area contributed by atoms with Crippen LogP contribution in [0.5, 0.6) is 0 Å². The predicted molar refractivity (Wildman–Crippen MR) is 83.4 cm³/mol. The fourth-order valence-corrected chi connectivity index (χ4v) is 2.65. The highest BCUT2D eigenvalue weighted by atomic mass is 16.1. The van der Waals surface area contributed by atoms with Crippen molar-refractivity contribution in [3.8, 4) is 5.82 Å². The lowest BCUT2D eigenvalue weighted by molar-refractivity contribution is 0.332. The van der Waals surface area contributed by atoms with Crippen LogP contribution in [0.25, 0.3) is 5.82 Å². The summed E-state index contributed by atoms with van der Waals surface area (Å²) in [6.07, 6.45) is 8.60. The summed E-state index contributed by atoms with van der Waals surface area (Å²) in [5.41, 5.74) is -0.0635. The molecule has 0 N–H and O–H groups in total. The highest BCUT2D eigenvalue weighted by molar-refractivity contribution is 5.42. The molecule has 3 aromatic rings. The molecule has 1 aliphatic heterocycles. The van der Waals surface area contributed by atoms with Crippen LogP contribution in [0.4, 0.5) is 5.82 Å². The van der Waals surface area contributed by atoms with Crippen molar-refractivity contribution in [1.29, 1.82) is 0 Å². The second-order valence-corrected chi connectivity index (χ2v) is 5.50. The fraction of sp³-hybridized carbons (Fsp3) is 0.267. The molecular formula is C15H15N7O. The van der Waals surface area contributed by atoms with E-state index in [-0.39, 0.29) is 5.56 Å². The molecule has 0 aliphatic carbocycles. The summed E-state index contributed by atoms with van der Waals surface area (Å²) in [6, 6.07) is 5.03. The van der Waals surface area contributed by atoms with Gasteiger partial charge in [-0.1, -0.05) is 0 Å². The maximum Gasteiger partial charge on any atom is 0.266 e. The maximum absolute atomic E-state index is 11.7. The number of rotatable bonds is 4. The molecule has 4 heterocycles. The molecule has 1 fully saturated rings. The highest BCUT2D eigenvalue weighted by Gasteiger charge is 2.29. The Morgan fingerprint density at radius 1 is 1.09 bits per heavy atom. The van der Waals surface area contributed by atoms with Crippen molar-refractivity contribution in [2.45, 2.75) is 6.54 Å². The third kappa shape index (κ3) is 2.70. The normalized spacial score (nSPS) is 14.7. The van der Waals surface area contributed by atoms with E-state index in [1.165, 1.54) is 10.7 Å². The van der Waals surface area contributed by atoms with E-state index in [2.05, 4.69) is 25.1 Å². The lowest BCUT2D eigenvalue weighted by Gasteiger charge is -2.39. The van der Waals surface area contributed by atoms with Gasteiger partial charge in [-0.05, 0) is 12.1 Å². The first-order valence-corrected chi connectivity index (χ1v) is 7.39. The lowest BCUT2D eigenvalue weighted by Crippen LogP contribution is -2.50. The molecule has 3 aromatic heterocycles. The number of anilines is 1. The quantitative estimate of drug-likeness (QED) is 0.692. The van der Waals surface area contributed by atoms with E-state index in [1.807, 2.05) is 12.3 Å². The Bertz CT molecular complexity index is 852. The molecule has 0 aromatic carbocycles. The van der Waals surface area contributed by atoms with Crippen LogP contribution in [0.15, 0.2) is 54.0 Å². The molecule has 0 radical (unpaired) electrons. The number of hydrogen-bond donors (Lipinski definition) is 0. The second-order valence-electron chi connectivity index (χ2n) is 5.50. The van der Waals surface area contributed by atoms with Gasteiger partial charge >= 0.3 is 0 Å². The van der Waals surface area contributed by atoms with E-state index in [0.29, 0.717) is 18.3 Å². The van der Waals surface area contributed by atoms with Crippen molar-refractivity contribution in [1.82, 2.24) is 29.5 Å². The molecule has 0 spiro atoms. The molecule has 1 aliphatic rings. The van der Waals surface area contributed by atoms with Crippen molar-refractivity contribution in [2.24, 2.45) is 5.92 Å². The Balaban J connectivity index is 1.43. The van der Waals surface area contributed by atoms with Gasteiger partial charge < -0.3 is 4.90 Å². The third-order valence-corrected chi connectivity index (χ3v) is 3.85. The van der Waals surface area contributed by atoms with Gasteiger partial charge in [0.05, 0.1) is 18.9 Å². The lowest BCUT2D eigenvalue weighted by atomic mass is 10.0. The zero-order chi connectivity index (χ0) is 15.6. The van der Waals surface area contributed by atoms with Crippen LogP contribution in [0.2, 0.25) is 0 Å². The van der Waals surface area contributed by atoms with E-state index < -0.39 is 0 Å². The first-order chi connectivity index (χ1) is 11.3. The molecule has 116 valence electrons. The molecule has 0 atom stereocenters. The largest absolute Gasteiger partial charge is 0.354 e. The molecular weight excluding hydrogens is 294 g/mol. The Morgan fingerprint density at radius 3 is 2.70 bits per heavy atom. The SMILES string of the molecule is O=c1cccnn1CC1CN(c2cncc(-n3cccn3)n2)C1. The molecule has 0 unspecified atom stereocenters. The average Bonchev–Trinajstić information content (AvgIpc) is 3.07. The number of nitrogens with zero attached hydrogens (tertiary/aromatic N) is 7. The molecule has 0 saturated carbocycles. The van der Waals surface area contributed by atoms with E-state index in [9.17, 15) is 4.79 Å². The molecule has 0 amide bonds. The molecule has 8 heteroatoms. The topological polar surface area (TPSA) is 81.7 Å². The van der Waals surface area contributed by atoms with Crippen LogP contribution < -0.4 is 10.5 Å². The van der Waals surface area contributed by atoms with Crippen LogP contribution in [0.1, 0.15) is 0 Å². The van der Waals surface area contributed by atoms with Crippen LogP contribution >= 0.6 is 0 Å². The van der Waals surface area contributed by atoms with Gasteiger partial charge in [0.2, 0.25) is 0 Å². The Hall–Kier alpha value is -3.03. The van der Waals surface area contributed by atoms with E-state index >= 15 is 0 Å². The summed E-state index contributed by atoms with van der Waals surface area (Å²) in [5.74, 6) is 1.90. The van der Waals surface area contributed by atoms with Gasteiger partial charge in [0, 0.05) is 43.7 Å². The van der Waals surface area contributed by atoms with Crippen LogP contribution in [0.3, 0.4) is 0 Å². The summed E-state index contributed by atoms with van der Waals surface area (Å²) in [7, 11) is 0. The Morgan fingerprint density at radius 2 is 1.91 bits per heavy atom. The van der Waals surface area contributed by atoms with Crippen molar-refractivity contribution < 1.29 is 0 Å². The first kappa shape index (κ1) is 13.6. The fourth-order valence-electron chi connectivity index (χ4n) is 2.65. The molecule has 8 nitrogen and oxygen atoms in total. The minimum atomic E-state index is -0.0635. The average molecular weight is 309 g/mol. The van der Waals surface area contributed by atoms with Gasteiger partial charge in [-0.25, -0.2) is 14.3 Å². The maximum atomic E-state index is 11.7. The van der Waals surface area contributed by atoms with Gasteiger partial charge in [-0.15, -0.1) is 0 Å². The Labute approximate surface area is 132 Å². The van der Waals surface area contributed by atoms with Crippen LogP contribution in [-0.2, 0) is 6.54 Å². The number of hydrogen-bond acceptors (Lipinski definition) is 6. The van der Waals surface area contributed by atoms with Crippen LogP contribution in [0, 0.1) is 5.92 Å². The monoisotopic (exact) mass is 309 g/mol. The van der Waals surface area contributed by atoms with Crippen molar-refractivity contribution >= 4 is 5.82 Å². The Kier molecular flexibility index (Phi) is 3.34. The van der Waals surface area contributed by atoms with Gasteiger partial charge in [-0.2, -0.15) is 10.2 Å². The standard InChI is InChI=1S/C15H15N7O/c23-15-3-1-4-18-22(15)11-12-9-20(10-12)13-7-16-8-14(19-13)21-6-2-5-17-21/h1-8,12H,9-11H2. The number of aromatic nitrogens is 6. The minimum Gasteiger partial charge on any atom is -0.354 e. The van der Waals surface area contributed by atoms with Gasteiger partial charge in [0.15, 0.2) is 5.82 Å². The first-order valence-electron chi connectivity index (χ1n) is 7.39. The van der Waals surface area contributed by atoms with Crippen LogP contribution in [-0.4, -0.2) is 42.6 Å². The molecule has 0 bridgehead atoms. The van der Waals surface area contributed by atoms with E-state index in [0.717, 1.165) is 18.9 Å². The predicted octanol–water partition coefficient (Wildman–Crippen LogP) is 0.355. The summed E-state index contributed by atoms with van der Waals surface area (Å²) in [4.78, 5) is 22.6. The van der Waals surface area contributed by atoms with Gasteiger partial charge in [0.1, 0.15) is 5.82 Å². The van der Waals surface area contributed by atoms with Gasteiger partial charge in [0.25, 0.3) is 5.56 Å². The summed E-state index contributed by atoms with van der Waals surface area (Å²) in [5, 5.41) is 8.25. The third-order valence-electron chi connectivity index (χ3n) is 3.85. The second kappa shape index (κ2) is 5.64. The molecule has 4 rings (SSSR count). The van der Waals surface area contributed by atoms with Crippen molar-refractivity contribution in [3.05, 3.63) is 59.5 Å².